The van der Waals surface area contributed by atoms with E-state index in [-0.39, 0.29) is 36.2 Å². The van der Waals surface area contributed by atoms with Gasteiger partial charge < -0.3 is 14.8 Å². The van der Waals surface area contributed by atoms with Crippen LogP contribution in [-0.2, 0) is 24.4 Å². The SMILES string of the molecule is CC(C)Oc1ccc(CNC(=O)c2nnn3c2CO[C@H](c2ccc(F)cc2)C3)cc1. The average Bonchev–Trinajstić information content (AvgIpc) is 3.16. The highest BCUT2D eigenvalue weighted by molar-refractivity contribution is 5.93. The molecule has 156 valence electrons. The fourth-order valence-corrected chi connectivity index (χ4v) is 3.29. The van der Waals surface area contributed by atoms with E-state index in [4.69, 9.17) is 9.47 Å². The number of hydrogen-bond acceptors (Lipinski definition) is 5. The third-order valence-corrected chi connectivity index (χ3v) is 4.80. The minimum Gasteiger partial charge on any atom is -0.491 e. The van der Waals surface area contributed by atoms with Crippen molar-refractivity contribution in [1.29, 1.82) is 0 Å². The lowest BCUT2D eigenvalue weighted by molar-refractivity contribution is -0.00180. The Bertz CT molecular complexity index is 1020. The van der Waals surface area contributed by atoms with Gasteiger partial charge in [-0.1, -0.05) is 29.5 Å². The smallest absolute Gasteiger partial charge is 0.274 e. The Hall–Kier alpha value is -3.26. The van der Waals surface area contributed by atoms with Crippen LogP contribution in [0, 0.1) is 5.82 Å². The normalized spacial score (nSPS) is 15.7. The first-order valence-electron chi connectivity index (χ1n) is 9.83. The predicted octanol–water partition coefficient (Wildman–Crippen LogP) is 3.41. The summed E-state index contributed by atoms with van der Waals surface area (Å²) < 4.78 is 26.3. The van der Waals surface area contributed by atoms with Crippen LogP contribution in [-0.4, -0.2) is 27.0 Å². The van der Waals surface area contributed by atoms with Gasteiger partial charge in [0.25, 0.3) is 5.91 Å². The maximum absolute atomic E-state index is 13.1. The van der Waals surface area contributed by atoms with Crippen molar-refractivity contribution in [2.75, 3.05) is 0 Å². The molecule has 2 aromatic carbocycles. The van der Waals surface area contributed by atoms with Gasteiger partial charge in [0, 0.05) is 6.54 Å². The zero-order valence-corrected chi connectivity index (χ0v) is 16.8. The highest BCUT2D eigenvalue weighted by Gasteiger charge is 2.27. The van der Waals surface area contributed by atoms with E-state index >= 15 is 0 Å². The van der Waals surface area contributed by atoms with Crippen LogP contribution in [0.5, 0.6) is 5.75 Å². The van der Waals surface area contributed by atoms with Crippen LogP contribution in [0.25, 0.3) is 0 Å². The first kappa shape index (κ1) is 20.0. The summed E-state index contributed by atoms with van der Waals surface area (Å²) in [6.07, 6.45) is -0.151. The summed E-state index contributed by atoms with van der Waals surface area (Å²) in [5, 5.41) is 11.0. The fourth-order valence-electron chi connectivity index (χ4n) is 3.29. The van der Waals surface area contributed by atoms with Crippen LogP contribution in [0.15, 0.2) is 48.5 Å². The predicted molar refractivity (Wildman–Crippen MR) is 107 cm³/mol. The quantitative estimate of drug-likeness (QED) is 0.674. The molecule has 0 unspecified atom stereocenters. The Morgan fingerprint density at radius 2 is 1.97 bits per heavy atom. The number of amides is 1. The van der Waals surface area contributed by atoms with Crippen molar-refractivity contribution in [2.45, 2.75) is 45.8 Å². The van der Waals surface area contributed by atoms with Gasteiger partial charge in [-0.25, -0.2) is 9.07 Å². The van der Waals surface area contributed by atoms with E-state index in [9.17, 15) is 9.18 Å². The van der Waals surface area contributed by atoms with Gasteiger partial charge in [-0.2, -0.15) is 0 Å². The second-order valence-electron chi connectivity index (χ2n) is 7.41. The zero-order valence-electron chi connectivity index (χ0n) is 16.8. The van der Waals surface area contributed by atoms with Gasteiger partial charge in [0.1, 0.15) is 17.7 Å². The Morgan fingerprint density at radius 3 is 2.67 bits per heavy atom. The molecule has 1 amide bonds. The van der Waals surface area contributed by atoms with E-state index in [1.807, 2.05) is 38.1 Å². The first-order chi connectivity index (χ1) is 14.5. The number of ether oxygens (including phenoxy) is 2. The molecule has 0 saturated heterocycles. The Balaban J connectivity index is 1.38. The number of carbonyl (C=O) groups is 1. The van der Waals surface area contributed by atoms with E-state index in [1.54, 1.807) is 16.8 Å². The molecule has 3 aromatic rings. The molecular formula is C22H23FN4O3. The fraction of sp³-hybridized carbons (Fsp3) is 0.318. The van der Waals surface area contributed by atoms with Crippen LogP contribution in [0.2, 0.25) is 0 Å². The van der Waals surface area contributed by atoms with Crippen LogP contribution in [0.4, 0.5) is 4.39 Å². The maximum Gasteiger partial charge on any atom is 0.274 e. The largest absolute Gasteiger partial charge is 0.491 e. The number of nitrogens with one attached hydrogen (secondary N) is 1. The van der Waals surface area contributed by atoms with Gasteiger partial charge in [-0.3, -0.25) is 4.79 Å². The van der Waals surface area contributed by atoms with Crippen LogP contribution in [0.1, 0.15) is 47.3 Å². The van der Waals surface area contributed by atoms with Crippen molar-refractivity contribution >= 4 is 5.91 Å². The minimum atomic E-state index is -0.303. The topological polar surface area (TPSA) is 78.3 Å². The molecule has 0 spiro atoms. The number of fused-ring (bicyclic) bond motifs is 1. The lowest BCUT2D eigenvalue weighted by Gasteiger charge is -2.24. The molecule has 2 heterocycles. The third-order valence-electron chi connectivity index (χ3n) is 4.80. The summed E-state index contributed by atoms with van der Waals surface area (Å²) in [5.41, 5.74) is 2.69. The maximum atomic E-state index is 13.1. The van der Waals surface area contributed by atoms with E-state index in [2.05, 4.69) is 15.6 Å². The van der Waals surface area contributed by atoms with Gasteiger partial charge in [-0.05, 0) is 49.2 Å². The Labute approximate surface area is 173 Å². The molecule has 30 heavy (non-hydrogen) atoms. The molecule has 1 atom stereocenters. The Kier molecular flexibility index (Phi) is 5.76. The summed E-state index contributed by atoms with van der Waals surface area (Å²) in [6.45, 7) is 4.93. The number of rotatable bonds is 6. The number of aromatic nitrogens is 3. The van der Waals surface area contributed by atoms with Crippen LogP contribution in [0.3, 0.4) is 0 Å². The summed E-state index contributed by atoms with van der Waals surface area (Å²) in [5.74, 6) is 0.194. The summed E-state index contributed by atoms with van der Waals surface area (Å²) in [7, 11) is 0. The number of halogens is 1. The van der Waals surface area contributed by atoms with E-state index in [0.29, 0.717) is 18.8 Å². The molecule has 0 fully saturated rings. The number of hydrogen-bond donors (Lipinski definition) is 1. The summed E-state index contributed by atoms with van der Waals surface area (Å²) in [6, 6.07) is 13.8. The molecule has 7 nitrogen and oxygen atoms in total. The highest BCUT2D eigenvalue weighted by atomic mass is 19.1. The molecule has 1 aliphatic heterocycles. The molecule has 1 N–H and O–H groups in total. The van der Waals surface area contributed by atoms with Crippen molar-refractivity contribution in [2.24, 2.45) is 0 Å². The monoisotopic (exact) mass is 410 g/mol. The third kappa shape index (κ3) is 4.49. The lowest BCUT2D eigenvalue weighted by atomic mass is 10.1. The molecule has 0 bridgehead atoms. The van der Waals surface area contributed by atoms with E-state index in [1.165, 1.54) is 12.1 Å². The highest BCUT2D eigenvalue weighted by Crippen LogP contribution is 2.27. The standard InChI is InChI=1S/C22H23FN4O3/c1-14(2)30-18-9-3-15(4-10-18)11-24-22(28)21-19-13-29-20(12-27(19)26-25-21)16-5-7-17(23)8-6-16/h3-10,14,20H,11-13H2,1-2H3,(H,24,28)/t20-/m0/s1. The molecule has 4 rings (SSSR count). The molecule has 8 heteroatoms. The molecule has 0 aliphatic carbocycles. The van der Waals surface area contributed by atoms with Crippen molar-refractivity contribution in [1.82, 2.24) is 20.3 Å². The van der Waals surface area contributed by atoms with E-state index < -0.39 is 0 Å². The minimum absolute atomic E-state index is 0.111. The van der Waals surface area contributed by atoms with Crippen LogP contribution >= 0.6 is 0 Å². The van der Waals surface area contributed by atoms with Crippen LogP contribution < -0.4 is 10.1 Å². The molecular weight excluding hydrogens is 387 g/mol. The van der Waals surface area contributed by atoms with E-state index in [0.717, 1.165) is 16.9 Å². The molecule has 0 radical (unpaired) electrons. The number of nitrogens with zero attached hydrogens (tertiary/aromatic N) is 3. The molecule has 1 aromatic heterocycles. The molecule has 0 saturated carbocycles. The summed E-state index contributed by atoms with van der Waals surface area (Å²) >= 11 is 0. The zero-order chi connectivity index (χ0) is 21.1. The first-order valence-corrected chi connectivity index (χ1v) is 9.83. The summed E-state index contributed by atoms with van der Waals surface area (Å²) in [4.78, 5) is 12.6. The van der Waals surface area contributed by atoms with Gasteiger partial charge >= 0.3 is 0 Å². The van der Waals surface area contributed by atoms with Crippen molar-refractivity contribution < 1.29 is 18.7 Å². The van der Waals surface area contributed by atoms with Gasteiger partial charge in [0.15, 0.2) is 5.69 Å². The van der Waals surface area contributed by atoms with Crippen molar-refractivity contribution in [3.63, 3.8) is 0 Å². The van der Waals surface area contributed by atoms with Gasteiger partial charge in [-0.15, -0.1) is 5.10 Å². The number of benzene rings is 2. The van der Waals surface area contributed by atoms with Gasteiger partial charge in [0.05, 0.1) is 24.9 Å². The number of carbonyl (C=O) groups excluding carboxylic acids is 1. The van der Waals surface area contributed by atoms with Crippen molar-refractivity contribution in [3.8, 4) is 5.75 Å². The van der Waals surface area contributed by atoms with Gasteiger partial charge in [0.2, 0.25) is 0 Å². The second kappa shape index (κ2) is 8.62. The molecule has 1 aliphatic rings. The second-order valence-corrected chi connectivity index (χ2v) is 7.41. The van der Waals surface area contributed by atoms with Crippen molar-refractivity contribution in [3.05, 3.63) is 76.9 Å². The lowest BCUT2D eigenvalue weighted by Crippen LogP contribution is -2.27. The average molecular weight is 410 g/mol. The Morgan fingerprint density at radius 1 is 1.23 bits per heavy atom.